The largest absolute Gasteiger partial charge is 0.489 e. The lowest BCUT2D eigenvalue weighted by molar-refractivity contribution is 0.114. The zero-order valence-corrected chi connectivity index (χ0v) is 12.5. The highest BCUT2D eigenvalue weighted by Crippen LogP contribution is 2.26. The van der Waals surface area contributed by atoms with Gasteiger partial charge in [0.15, 0.2) is 0 Å². The number of anilines is 1. The highest BCUT2D eigenvalue weighted by atomic mass is 32.2. The van der Waals surface area contributed by atoms with Crippen molar-refractivity contribution in [1.29, 1.82) is 0 Å². The van der Waals surface area contributed by atoms with Crippen LogP contribution >= 0.6 is 0 Å². The number of likely N-dealkylation sites (N-methyl/N-ethyl adjacent to an activating group) is 1. The number of nitrogens with zero attached hydrogens (tertiary/aromatic N) is 1. The summed E-state index contributed by atoms with van der Waals surface area (Å²) >= 11 is 0. The van der Waals surface area contributed by atoms with E-state index in [0.717, 1.165) is 0 Å². The molecule has 1 aromatic carbocycles. The fourth-order valence-corrected chi connectivity index (χ4v) is 1.73. The molecule has 1 aromatic rings. The second kappa shape index (κ2) is 5.36. The van der Waals surface area contributed by atoms with Crippen LogP contribution < -0.4 is 15.6 Å². The summed E-state index contributed by atoms with van der Waals surface area (Å²) in [6.07, 6.45) is 0. The molecule has 0 aliphatic carbocycles. The highest BCUT2D eigenvalue weighted by molar-refractivity contribution is 7.89. The van der Waals surface area contributed by atoms with E-state index in [9.17, 15) is 8.42 Å². The van der Waals surface area contributed by atoms with Gasteiger partial charge in [-0.15, -0.1) is 0 Å². The van der Waals surface area contributed by atoms with E-state index < -0.39 is 10.0 Å². The number of nitrogen functional groups attached to an aromatic ring is 1. The number of ether oxygens (including phenoxy) is 1. The third-order valence-electron chi connectivity index (χ3n) is 3.11. The predicted molar refractivity (Wildman–Crippen MR) is 75.5 cm³/mol. The van der Waals surface area contributed by atoms with Crippen LogP contribution in [0, 0.1) is 0 Å². The summed E-state index contributed by atoms with van der Waals surface area (Å²) in [5.74, 6) is 0.321. The molecule has 0 bridgehead atoms. The molecule has 0 spiro atoms. The minimum Gasteiger partial charge on any atom is -0.489 e. The molecule has 0 amide bonds. The minimum absolute atomic E-state index is 0.0145. The Morgan fingerprint density at radius 2 is 1.89 bits per heavy atom. The molecule has 19 heavy (non-hydrogen) atoms. The molecule has 0 unspecified atom stereocenters. The van der Waals surface area contributed by atoms with Gasteiger partial charge >= 0.3 is 0 Å². The van der Waals surface area contributed by atoms with E-state index in [1.807, 2.05) is 32.8 Å². The molecule has 0 saturated heterocycles. The SMILES string of the molecule is CN(C)C(C)(C)COc1cc(S(N)(=O)=O)ccc1N. The highest BCUT2D eigenvalue weighted by Gasteiger charge is 2.22. The monoisotopic (exact) mass is 287 g/mol. The first-order valence-corrected chi connectivity index (χ1v) is 7.31. The van der Waals surface area contributed by atoms with Crippen molar-refractivity contribution in [2.45, 2.75) is 24.3 Å². The topological polar surface area (TPSA) is 98.6 Å². The predicted octanol–water partition coefficient (Wildman–Crippen LogP) is 0.635. The van der Waals surface area contributed by atoms with Crippen LogP contribution in [0.5, 0.6) is 5.75 Å². The summed E-state index contributed by atoms with van der Waals surface area (Å²) in [5.41, 5.74) is 5.94. The summed E-state index contributed by atoms with van der Waals surface area (Å²) < 4.78 is 28.2. The van der Waals surface area contributed by atoms with Crippen molar-refractivity contribution in [3.8, 4) is 5.75 Å². The van der Waals surface area contributed by atoms with Crippen molar-refractivity contribution in [2.24, 2.45) is 5.14 Å². The molecule has 0 atom stereocenters. The van der Waals surface area contributed by atoms with Gasteiger partial charge in [-0.2, -0.15) is 0 Å². The molecule has 0 aromatic heterocycles. The lowest BCUT2D eigenvalue weighted by Gasteiger charge is -2.32. The molecule has 108 valence electrons. The van der Waals surface area contributed by atoms with Crippen LogP contribution in [-0.4, -0.2) is 39.6 Å². The molecule has 0 fully saturated rings. The van der Waals surface area contributed by atoms with E-state index in [1.165, 1.54) is 18.2 Å². The van der Waals surface area contributed by atoms with E-state index in [2.05, 4.69) is 0 Å². The van der Waals surface area contributed by atoms with Gasteiger partial charge in [0.05, 0.1) is 10.6 Å². The number of hydrogen-bond acceptors (Lipinski definition) is 5. The molecule has 0 aliphatic heterocycles. The van der Waals surface area contributed by atoms with Gasteiger partial charge in [0.2, 0.25) is 10.0 Å². The van der Waals surface area contributed by atoms with Crippen LogP contribution in [0.25, 0.3) is 0 Å². The van der Waals surface area contributed by atoms with Crippen LogP contribution in [0.4, 0.5) is 5.69 Å². The molecule has 7 heteroatoms. The standard InChI is InChI=1S/C12H21N3O3S/c1-12(2,15(3)4)8-18-11-7-9(19(14,16)17)5-6-10(11)13/h5-7H,8,13H2,1-4H3,(H2,14,16,17). The quantitative estimate of drug-likeness (QED) is 0.774. The maximum atomic E-state index is 11.3. The number of rotatable bonds is 5. The van der Waals surface area contributed by atoms with Crippen LogP contribution in [0.2, 0.25) is 0 Å². The average molecular weight is 287 g/mol. The van der Waals surface area contributed by atoms with Crippen LogP contribution in [-0.2, 0) is 10.0 Å². The van der Waals surface area contributed by atoms with Crippen LogP contribution in [0.1, 0.15) is 13.8 Å². The Labute approximate surface area is 114 Å². The summed E-state index contributed by atoms with van der Waals surface area (Å²) in [6.45, 7) is 4.39. The third kappa shape index (κ3) is 4.09. The Bertz CT molecular complexity index is 553. The second-order valence-electron chi connectivity index (χ2n) is 5.24. The Morgan fingerprint density at radius 1 is 1.32 bits per heavy atom. The van der Waals surface area contributed by atoms with Gasteiger partial charge < -0.3 is 15.4 Å². The van der Waals surface area contributed by atoms with Gasteiger partial charge in [0.25, 0.3) is 0 Å². The number of sulfonamides is 1. The van der Waals surface area contributed by atoms with E-state index in [4.69, 9.17) is 15.6 Å². The fourth-order valence-electron chi connectivity index (χ4n) is 1.20. The Kier molecular flexibility index (Phi) is 4.44. The van der Waals surface area contributed by atoms with Gasteiger partial charge in [-0.3, -0.25) is 0 Å². The average Bonchev–Trinajstić information content (AvgIpc) is 2.26. The fraction of sp³-hybridized carbons (Fsp3) is 0.500. The Balaban J connectivity index is 2.96. The van der Waals surface area contributed by atoms with Crippen LogP contribution in [0.3, 0.4) is 0 Å². The van der Waals surface area contributed by atoms with Crippen molar-refractivity contribution >= 4 is 15.7 Å². The molecule has 1 rings (SSSR count). The van der Waals surface area contributed by atoms with Crippen molar-refractivity contribution in [1.82, 2.24) is 4.90 Å². The number of benzene rings is 1. The number of nitrogens with two attached hydrogens (primary N) is 2. The zero-order valence-electron chi connectivity index (χ0n) is 11.7. The Hall–Kier alpha value is -1.31. The number of primary sulfonamides is 1. The Morgan fingerprint density at radius 3 is 2.37 bits per heavy atom. The lowest BCUT2D eigenvalue weighted by atomic mass is 10.1. The van der Waals surface area contributed by atoms with Gasteiger partial charge in [-0.1, -0.05) is 0 Å². The van der Waals surface area contributed by atoms with Gasteiger partial charge in [-0.05, 0) is 40.1 Å². The van der Waals surface area contributed by atoms with Crippen molar-refractivity contribution in [3.05, 3.63) is 18.2 Å². The molecule has 0 radical (unpaired) electrons. The number of hydrogen-bond donors (Lipinski definition) is 2. The molecular weight excluding hydrogens is 266 g/mol. The molecule has 0 aliphatic rings. The summed E-state index contributed by atoms with van der Waals surface area (Å²) in [6, 6.07) is 4.17. The molecule has 6 nitrogen and oxygen atoms in total. The first kappa shape index (κ1) is 15.7. The summed E-state index contributed by atoms with van der Waals surface area (Å²) in [7, 11) is 0.118. The van der Waals surface area contributed by atoms with E-state index >= 15 is 0 Å². The normalized spacial score (nSPS) is 12.7. The van der Waals surface area contributed by atoms with Gasteiger partial charge in [-0.25, -0.2) is 13.6 Å². The maximum absolute atomic E-state index is 11.3. The smallest absolute Gasteiger partial charge is 0.238 e. The van der Waals surface area contributed by atoms with Crippen LogP contribution in [0.15, 0.2) is 23.1 Å². The molecule has 4 N–H and O–H groups in total. The van der Waals surface area contributed by atoms with E-state index in [-0.39, 0.29) is 10.4 Å². The van der Waals surface area contributed by atoms with E-state index in [0.29, 0.717) is 18.0 Å². The molecule has 0 heterocycles. The first-order chi connectivity index (χ1) is 8.54. The lowest BCUT2D eigenvalue weighted by Crippen LogP contribution is -2.43. The summed E-state index contributed by atoms with van der Waals surface area (Å²) in [5, 5.41) is 5.07. The van der Waals surface area contributed by atoms with Crippen molar-refractivity contribution < 1.29 is 13.2 Å². The minimum atomic E-state index is -3.76. The van der Waals surface area contributed by atoms with Crippen molar-refractivity contribution in [2.75, 3.05) is 26.4 Å². The maximum Gasteiger partial charge on any atom is 0.238 e. The second-order valence-corrected chi connectivity index (χ2v) is 6.80. The van der Waals surface area contributed by atoms with Crippen molar-refractivity contribution in [3.63, 3.8) is 0 Å². The molecule has 0 saturated carbocycles. The zero-order chi connectivity index (χ0) is 14.8. The third-order valence-corrected chi connectivity index (χ3v) is 4.02. The first-order valence-electron chi connectivity index (χ1n) is 5.76. The summed E-state index contributed by atoms with van der Waals surface area (Å²) in [4.78, 5) is 1.99. The molecular formula is C12H21N3O3S. The van der Waals surface area contributed by atoms with E-state index in [1.54, 1.807) is 0 Å². The van der Waals surface area contributed by atoms with Gasteiger partial charge in [0.1, 0.15) is 12.4 Å². The van der Waals surface area contributed by atoms with Gasteiger partial charge in [0, 0.05) is 11.6 Å².